The number of hydrogen-bond acceptors (Lipinski definition) is 3. The molecule has 5 nitrogen and oxygen atoms in total. The minimum atomic E-state index is -0.741. The van der Waals surface area contributed by atoms with Crippen LogP contribution < -0.4 is 10.6 Å². The van der Waals surface area contributed by atoms with Gasteiger partial charge in [-0.1, -0.05) is 25.5 Å². The van der Waals surface area contributed by atoms with Crippen LogP contribution in [0.25, 0.3) is 0 Å². The maximum atomic E-state index is 13.1. The normalized spacial score (nSPS) is 23.3. The molecule has 1 aromatic carbocycles. The molecule has 2 rings (SSSR count). The smallest absolute Gasteiger partial charge is 0.191 e. The van der Waals surface area contributed by atoms with Crippen molar-refractivity contribution < 1.29 is 13.3 Å². The largest absolute Gasteiger partial charge is 0.375 e. The topological polar surface area (TPSA) is 62.7 Å². The molecule has 1 fully saturated rings. The minimum Gasteiger partial charge on any atom is -0.375 e. The molecule has 1 aliphatic carbocycles. The first kappa shape index (κ1) is 20.8. The van der Waals surface area contributed by atoms with Crippen molar-refractivity contribution in [2.24, 2.45) is 4.99 Å². The van der Waals surface area contributed by atoms with E-state index in [0.29, 0.717) is 12.5 Å². The van der Waals surface area contributed by atoms with Crippen molar-refractivity contribution in [3.05, 3.63) is 35.6 Å². The van der Waals surface area contributed by atoms with Gasteiger partial charge < -0.3 is 15.4 Å². The lowest BCUT2D eigenvalue weighted by atomic mass is 9.95. The van der Waals surface area contributed by atoms with Gasteiger partial charge in [-0.05, 0) is 37.0 Å². The van der Waals surface area contributed by atoms with Gasteiger partial charge in [0, 0.05) is 48.5 Å². The first-order valence-corrected chi connectivity index (χ1v) is 10.6. The Morgan fingerprint density at radius 2 is 2.12 bits per heavy atom. The summed E-state index contributed by atoms with van der Waals surface area (Å²) in [6.45, 7) is 2.51. The van der Waals surface area contributed by atoms with Crippen LogP contribution in [0.2, 0.25) is 0 Å². The van der Waals surface area contributed by atoms with Crippen LogP contribution in [0.5, 0.6) is 0 Å². The summed E-state index contributed by atoms with van der Waals surface area (Å²) in [6.07, 6.45) is 3.90. The average molecular weight is 384 g/mol. The van der Waals surface area contributed by atoms with Crippen molar-refractivity contribution in [1.29, 1.82) is 0 Å². The highest BCUT2D eigenvalue weighted by Gasteiger charge is 2.26. The van der Waals surface area contributed by atoms with E-state index in [4.69, 9.17) is 4.74 Å². The zero-order chi connectivity index (χ0) is 18.9. The van der Waals surface area contributed by atoms with Gasteiger partial charge in [0.2, 0.25) is 0 Å². The first-order chi connectivity index (χ1) is 12.6. The molecule has 0 heterocycles. The lowest BCUT2D eigenvalue weighted by molar-refractivity contribution is 0.106. The summed E-state index contributed by atoms with van der Waals surface area (Å²) in [5, 5.41) is 7.00. The maximum Gasteiger partial charge on any atom is 0.191 e. The van der Waals surface area contributed by atoms with E-state index >= 15 is 0 Å². The van der Waals surface area contributed by atoms with Crippen molar-refractivity contribution in [2.75, 3.05) is 26.5 Å². The Balaban J connectivity index is 1.88. The van der Waals surface area contributed by atoms with Gasteiger partial charge in [0.05, 0.1) is 6.10 Å². The van der Waals surface area contributed by atoms with Crippen LogP contribution in [0.4, 0.5) is 4.39 Å². The van der Waals surface area contributed by atoms with Crippen molar-refractivity contribution >= 4 is 16.8 Å². The van der Waals surface area contributed by atoms with Gasteiger partial charge in [0.15, 0.2) is 5.96 Å². The van der Waals surface area contributed by atoms with E-state index in [9.17, 15) is 8.60 Å². The summed E-state index contributed by atoms with van der Waals surface area (Å²) in [5.74, 6) is 1.17. The predicted octanol–water partition coefficient (Wildman–Crippen LogP) is 2.76. The molecule has 1 aromatic rings. The third-order valence-corrected chi connectivity index (χ3v) is 6.57. The molecular formula is C19H30FN3O2S. The summed E-state index contributed by atoms with van der Waals surface area (Å²) in [4.78, 5) is 4.29. The first-order valence-electron chi connectivity index (χ1n) is 9.20. The molecule has 4 unspecified atom stereocenters. The number of aliphatic imine (C=N–C) groups is 1. The Labute approximate surface area is 158 Å². The fraction of sp³-hybridized carbons (Fsp3) is 0.632. The molecular weight excluding hydrogens is 353 g/mol. The Morgan fingerprint density at radius 1 is 1.38 bits per heavy atom. The second-order valence-electron chi connectivity index (χ2n) is 6.53. The van der Waals surface area contributed by atoms with Gasteiger partial charge in [0.1, 0.15) is 5.82 Å². The van der Waals surface area contributed by atoms with Crippen molar-refractivity contribution in [1.82, 2.24) is 10.6 Å². The molecule has 7 heteroatoms. The van der Waals surface area contributed by atoms with Crippen molar-refractivity contribution in [2.45, 2.75) is 50.0 Å². The second kappa shape index (κ2) is 10.6. The molecule has 0 aliphatic heterocycles. The Bertz CT molecular complexity index is 609. The van der Waals surface area contributed by atoms with Crippen LogP contribution in [0, 0.1) is 5.82 Å². The summed E-state index contributed by atoms with van der Waals surface area (Å²) in [5.41, 5.74) is 0.910. The molecule has 0 radical (unpaired) electrons. The minimum absolute atomic E-state index is 0.194. The van der Waals surface area contributed by atoms with Gasteiger partial charge in [-0.2, -0.15) is 0 Å². The van der Waals surface area contributed by atoms with Crippen LogP contribution in [0.3, 0.4) is 0 Å². The van der Waals surface area contributed by atoms with E-state index in [2.05, 4.69) is 15.6 Å². The fourth-order valence-electron chi connectivity index (χ4n) is 3.34. The highest BCUT2D eigenvalue weighted by Crippen LogP contribution is 2.23. The molecule has 0 bridgehead atoms. The lowest BCUT2D eigenvalue weighted by Gasteiger charge is -2.30. The fourth-order valence-corrected chi connectivity index (χ4v) is 4.69. The third kappa shape index (κ3) is 6.06. The molecule has 0 saturated heterocycles. The molecule has 1 aliphatic rings. The predicted molar refractivity (Wildman–Crippen MR) is 105 cm³/mol. The number of benzene rings is 1. The number of halogens is 1. The summed E-state index contributed by atoms with van der Waals surface area (Å²) < 4.78 is 30.7. The molecule has 4 atom stereocenters. The van der Waals surface area contributed by atoms with Crippen molar-refractivity contribution in [3.8, 4) is 0 Å². The van der Waals surface area contributed by atoms with Crippen LogP contribution in [0.15, 0.2) is 29.3 Å². The number of methoxy groups -OCH3 is 1. The SMILES string of the molecule is CCS(=O)C1CCCC(NC(=NC)NCC(OC)c2ccc(F)cc2)C1. The van der Waals surface area contributed by atoms with Gasteiger partial charge in [-0.25, -0.2) is 4.39 Å². The van der Waals surface area contributed by atoms with E-state index in [1.807, 2.05) is 6.92 Å². The lowest BCUT2D eigenvalue weighted by Crippen LogP contribution is -2.47. The quantitative estimate of drug-likeness (QED) is 0.561. The Kier molecular flexibility index (Phi) is 8.51. The van der Waals surface area contributed by atoms with Gasteiger partial charge in [0.25, 0.3) is 0 Å². The van der Waals surface area contributed by atoms with Gasteiger partial charge in [-0.3, -0.25) is 9.20 Å². The number of guanidine groups is 1. The number of hydrogen-bond donors (Lipinski definition) is 2. The van der Waals surface area contributed by atoms with Gasteiger partial charge in [-0.15, -0.1) is 0 Å². The third-order valence-electron chi connectivity index (χ3n) is 4.83. The van der Waals surface area contributed by atoms with Crippen LogP contribution in [-0.4, -0.2) is 47.9 Å². The summed E-state index contributed by atoms with van der Waals surface area (Å²) in [6, 6.07) is 6.61. The second-order valence-corrected chi connectivity index (χ2v) is 8.53. The number of nitrogens with zero attached hydrogens (tertiary/aromatic N) is 1. The standard InChI is InChI=1S/C19H30FN3O2S/c1-4-26(24)17-7-5-6-16(12-17)23-19(21-2)22-13-18(25-3)14-8-10-15(20)11-9-14/h8-11,16-18H,4-7,12-13H2,1-3H3,(H2,21,22,23). The highest BCUT2D eigenvalue weighted by molar-refractivity contribution is 7.85. The number of nitrogens with one attached hydrogen (secondary N) is 2. The molecule has 0 spiro atoms. The molecule has 0 aromatic heterocycles. The van der Waals surface area contributed by atoms with E-state index in [1.165, 1.54) is 12.1 Å². The van der Waals surface area contributed by atoms with E-state index in [-0.39, 0.29) is 23.2 Å². The van der Waals surface area contributed by atoms with E-state index in [0.717, 1.165) is 37.0 Å². The monoisotopic (exact) mass is 383 g/mol. The Hall–Kier alpha value is -1.47. The molecule has 0 amide bonds. The van der Waals surface area contributed by atoms with Crippen molar-refractivity contribution in [3.63, 3.8) is 0 Å². The zero-order valence-electron chi connectivity index (χ0n) is 15.8. The molecule has 2 N–H and O–H groups in total. The maximum absolute atomic E-state index is 13.1. The van der Waals surface area contributed by atoms with Gasteiger partial charge >= 0.3 is 0 Å². The van der Waals surface area contributed by atoms with Crippen LogP contribution in [0.1, 0.15) is 44.3 Å². The zero-order valence-corrected chi connectivity index (χ0v) is 16.7. The highest BCUT2D eigenvalue weighted by atomic mass is 32.2. The molecule has 26 heavy (non-hydrogen) atoms. The number of rotatable bonds is 7. The van der Waals surface area contributed by atoms with E-state index in [1.54, 1.807) is 26.3 Å². The average Bonchev–Trinajstić information content (AvgIpc) is 2.68. The van der Waals surface area contributed by atoms with Crippen LogP contribution in [-0.2, 0) is 15.5 Å². The molecule has 1 saturated carbocycles. The molecule has 146 valence electrons. The summed E-state index contributed by atoms with van der Waals surface area (Å²) >= 11 is 0. The summed E-state index contributed by atoms with van der Waals surface area (Å²) in [7, 11) is 2.63. The van der Waals surface area contributed by atoms with Crippen LogP contribution >= 0.6 is 0 Å². The Morgan fingerprint density at radius 3 is 2.73 bits per heavy atom. The number of ether oxygens (including phenoxy) is 1. The van der Waals surface area contributed by atoms with E-state index < -0.39 is 10.8 Å².